The van der Waals surface area contributed by atoms with Crippen molar-refractivity contribution in [2.24, 2.45) is 23.2 Å². The maximum absolute atomic E-state index is 15.0. The highest BCUT2D eigenvalue weighted by molar-refractivity contribution is 7.91. The quantitative estimate of drug-likeness (QED) is 0.209. The molecule has 1 saturated heterocycles. The number of methoxy groups -OCH3 is 1. The summed E-state index contributed by atoms with van der Waals surface area (Å²) < 4.78 is 46.4. The van der Waals surface area contributed by atoms with Gasteiger partial charge in [-0.3, -0.25) is 23.9 Å². The average molecular weight is 818 g/mol. The number of hydrogen-bond donors (Lipinski definition) is 1. The van der Waals surface area contributed by atoms with Crippen molar-refractivity contribution < 1.29 is 41.8 Å². The van der Waals surface area contributed by atoms with E-state index in [0.717, 1.165) is 78.6 Å². The number of fused-ring (bicyclic) bond motifs is 5. The highest BCUT2D eigenvalue weighted by atomic mass is 32.2. The summed E-state index contributed by atoms with van der Waals surface area (Å²) in [6.45, 7) is 5.96. The SMILES string of the molecule is COc1ccc2nc(C3CCC3)c3c(c2c1)CC[C@]1(C[C@H]2C(=O)C[C@]4(C(=O)NS(=O)(=O)C5(C)CC5)C[C@H]4/C=C\CCCCC[C@H](CC(=O)OCC(C)C)C(=O)N2C1)O3. The number of nitrogens with one attached hydrogen (secondary N) is 1. The number of nitrogens with zero attached hydrogens (tertiary/aromatic N) is 2. The average Bonchev–Trinajstić information content (AvgIpc) is 4.06. The van der Waals surface area contributed by atoms with Gasteiger partial charge in [-0.15, -0.1) is 0 Å². The molecule has 58 heavy (non-hydrogen) atoms. The fraction of sp³-hybridized carbons (Fsp3) is 0.667. The van der Waals surface area contributed by atoms with Crippen molar-refractivity contribution in [1.29, 1.82) is 0 Å². The molecule has 1 N–H and O–H groups in total. The predicted molar refractivity (Wildman–Crippen MR) is 218 cm³/mol. The van der Waals surface area contributed by atoms with E-state index < -0.39 is 49.6 Å². The second kappa shape index (κ2) is 15.6. The Balaban J connectivity index is 1.15. The van der Waals surface area contributed by atoms with Crippen molar-refractivity contribution in [3.05, 3.63) is 41.6 Å². The van der Waals surface area contributed by atoms with Crippen LogP contribution in [-0.2, 0) is 40.4 Å². The fourth-order valence-electron chi connectivity index (χ4n) is 9.61. The number of pyridine rings is 1. The Kier molecular flexibility index (Phi) is 10.9. The summed E-state index contributed by atoms with van der Waals surface area (Å²) in [5, 5.41) is 0.961. The molecule has 1 aromatic carbocycles. The molecule has 3 aliphatic carbocycles. The molecular formula is C45H59N3O9S. The molecule has 13 heteroatoms. The van der Waals surface area contributed by atoms with Crippen molar-refractivity contribution >= 4 is 44.5 Å². The summed E-state index contributed by atoms with van der Waals surface area (Å²) in [5.74, 6) is -0.811. The minimum atomic E-state index is -3.94. The van der Waals surface area contributed by atoms with Gasteiger partial charge in [-0.05, 0) is 101 Å². The largest absolute Gasteiger partial charge is 0.497 e. The molecule has 3 saturated carbocycles. The van der Waals surface area contributed by atoms with Crippen LogP contribution in [0.2, 0.25) is 0 Å². The summed E-state index contributed by atoms with van der Waals surface area (Å²) in [7, 11) is -2.30. The molecule has 4 heterocycles. The maximum Gasteiger partial charge on any atom is 0.306 e. The van der Waals surface area contributed by atoms with E-state index in [4.69, 9.17) is 19.2 Å². The lowest BCUT2D eigenvalue weighted by atomic mass is 9.79. The standard InChI is InChI=1S/C45H59N3O9S/c1-28(2)26-56-38(50)21-30-11-8-6-5-7-9-14-31-23-45(31,42(52)47-58(53,54)43(3)19-20-43)25-37(49)36-24-44(27-48(36)41(30)51)18-17-33-34-22-32(55-4)15-16-35(34)46-39(40(33)57-44)29-12-10-13-29/h9,14-16,22,28-31,36H,5-8,10-13,17-21,23-27H2,1-4H3,(H,47,52)/b14-9-/t30-,31-,36+,44-,45-/m1/s1. The number of allylic oxidation sites excluding steroid dienone is 2. The molecule has 2 amide bonds. The number of ketones is 1. The van der Waals surface area contributed by atoms with E-state index in [2.05, 4.69) is 4.72 Å². The molecule has 0 bridgehead atoms. The van der Waals surface area contributed by atoms with Crippen LogP contribution in [0.3, 0.4) is 0 Å². The van der Waals surface area contributed by atoms with Crippen molar-refractivity contribution in [2.45, 2.75) is 146 Å². The van der Waals surface area contributed by atoms with E-state index in [9.17, 15) is 27.6 Å². The van der Waals surface area contributed by atoms with Crippen molar-refractivity contribution in [1.82, 2.24) is 14.6 Å². The maximum atomic E-state index is 15.0. The molecule has 5 atom stereocenters. The minimum absolute atomic E-state index is 0.0891. The number of hydrogen-bond acceptors (Lipinski definition) is 10. The number of Topliss-reactive ketones (excluding diaryl/α,β-unsaturated/α-hetero) is 1. The van der Waals surface area contributed by atoms with Crippen LogP contribution < -0.4 is 14.2 Å². The number of aromatic nitrogens is 1. The third kappa shape index (κ3) is 7.76. The van der Waals surface area contributed by atoms with Gasteiger partial charge in [0.25, 0.3) is 0 Å². The van der Waals surface area contributed by atoms with Gasteiger partial charge < -0.3 is 19.1 Å². The molecule has 314 valence electrons. The first kappa shape index (κ1) is 40.8. The summed E-state index contributed by atoms with van der Waals surface area (Å²) in [4.78, 5) is 64.0. The molecule has 6 aliphatic rings. The van der Waals surface area contributed by atoms with E-state index in [1.807, 2.05) is 44.2 Å². The van der Waals surface area contributed by atoms with Gasteiger partial charge in [0.05, 0.1) is 54.1 Å². The molecular weight excluding hydrogens is 759 g/mol. The number of amides is 2. The Labute approximate surface area is 342 Å². The Morgan fingerprint density at radius 1 is 1.05 bits per heavy atom. The van der Waals surface area contributed by atoms with E-state index in [0.29, 0.717) is 38.5 Å². The van der Waals surface area contributed by atoms with Crippen LogP contribution in [0.25, 0.3) is 10.9 Å². The van der Waals surface area contributed by atoms with E-state index in [-0.39, 0.29) is 61.9 Å². The Morgan fingerprint density at radius 3 is 2.55 bits per heavy atom. The van der Waals surface area contributed by atoms with Crippen molar-refractivity contribution in [3.63, 3.8) is 0 Å². The van der Waals surface area contributed by atoms with Gasteiger partial charge in [-0.2, -0.15) is 0 Å². The third-order valence-corrected chi connectivity index (χ3v) is 16.2. The molecule has 4 fully saturated rings. The van der Waals surface area contributed by atoms with Crippen LogP contribution in [-0.4, -0.2) is 78.5 Å². The number of rotatable bonds is 9. The first-order valence-electron chi connectivity index (χ1n) is 21.6. The number of carbonyl (C=O) groups excluding carboxylic acids is 4. The van der Waals surface area contributed by atoms with Crippen molar-refractivity contribution in [3.8, 4) is 11.5 Å². The van der Waals surface area contributed by atoms with Crippen LogP contribution in [0.5, 0.6) is 11.5 Å². The second-order valence-corrected chi connectivity index (χ2v) is 21.0. The molecule has 2 aromatic rings. The molecule has 0 radical (unpaired) electrons. The zero-order valence-corrected chi connectivity index (χ0v) is 35.3. The molecule has 12 nitrogen and oxygen atoms in total. The van der Waals surface area contributed by atoms with Crippen LogP contribution in [0.1, 0.15) is 134 Å². The Hall–Kier alpha value is -4.00. The molecule has 8 rings (SSSR count). The summed E-state index contributed by atoms with van der Waals surface area (Å²) >= 11 is 0. The fourth-order valence-corrected chi connectivity index (χ4v) is 10.9. The first-order chi connectivity index (χ1) is 27.7. The number of benzene rings is 1. The smallest absolute Gasteiger partial charge is 0.306 e. The van der Waals surface area contributed by atoms with Crippen LogP contribution >= 0.6 is 0 Å². The van der Waals surface area contributed by atoms with Gasteiger partial charge >= 0.3 is 5.97 Å². The Morgan fingerprint density at radius 2 is 1.84 bits per heavy atom. The van der Waals surface area contributed by atoms with Crippen LogP contribution in [0, 0.1) is 23.2 Å². The number of ether oxygens (including phenoxy) is 3. The monoisotopic (exact) mass is 817 g/mol. The lowest BCUT2D eigenvalue weighted by molar-refractivity contribution is -0.151. The van der Waals surface area contributed by atoms with Crippen molar-refractivity contribution in [2.75, 3.05) is 20.3 Å². The molecule has 1 aromatic heterocycles. The summed E-state index contributed by atoms with van der Waals surface area (Å²) in [6.07, 6.45) is 13.2. The third-order valence-electron chi connectivity index (χ3n) is 14.0. The highest BCUT2D eigenvalue weighted by Gasteiger charge is 2.63. The van der Waals surface area contributed by atoms with E-state index in [1.54, 1.807) is 18.9 Å². The first-order valence-corrected chi connectivity index (χ1v) is 23.1. The summed E-state index contributed by atoms with van der Waals surface area (Å²) in [6, 6.07) is 4.97. The number of carbonyl (C=O) groups is 4. The number of aryl methyl sites for hydroxylation is 1. The van der Waals surface area contributed by atoms with Crippen LogP contribution in [0.15, 0.2) is 30.4 Å². The zero-order chi connectivity index (χ0) is 41.0. The molecule has 0 unspecified atom stereocenters. The molecule has 1 spiro atoms. The van der Waals surface area contributed by atoms with E-state index in [1.165, 1.54) is 0 Å². The highest BCUT2D eigenvalue weighted by Crippen LogP contribution is 2.58. The number of sulfonamides is 1. The minimum Gasteiger partial charge on any atom is -0.497 e. The normalized spacial score (nSPS) is 30.2. The zero-order valence-electron chi connectivity index (χ0n) is 34.5. The summed E-state index contributed by atoms with van der Waals surface area (Å²) in [5.41, 5.74) is 0.701. The number of esters is 1. The van der Waals surface area contributed by atoms with Gasteiger partial charge in [0.15, 0.2) is 5.78 Å². The predicted octanol–water partition coefficient (Wildman–Crippen LogP) is 6.87. The van der Waals surface area contributed by atoms with Gasteiger partial charge in [0.1, 0.15) is 17.1 Å². The lowest BCUT2D eigenvalue weighted by Gasteiger charge is -2.39. The topological polar surface area (TPSA) is 158 Å². The van der Waals surface area contributed by atoms with Gasteiger partial charge in [-0.1, -0.05) is 45.3 Å². The van der Waals surface area contributed by atoms with Crippen LogP contribution in [0.4, 0.5) is 0 Å². The van der Waals surface area contributed by atoms with E-state index >= 15 is 0 Å². The Bertz CT molecular complexity index is 2130. The van der Waals surface area contributed by atoms with Gasteiger partial charge in [0, 0.05) is 35.6 Å². The molecule has 3 aliphatic heterocycles. The lowest BCUT2D eigenvalue weighted by Crippen LogP contribution is -2.48. The van der Waals surface area contributed by atoms with Gasteiger partial charge in [0.2, 0.25) is 21.8 Å². The van der Waals surface area contributed by atoms with Gasteiger partial charge in [-0.25, -0.2) is 13.4 Å². The second-order valence-electron chi connectivity index (χ2n) is 18.8.